The van der Waals surface area contributed by atoms with Crippen LogP contribution in [0.5, 0.6) is 0 Å². The number of imidazole rings is 1. The van der Waals surface area contributed by atoms with Crippen molar-refractivity contribution >= 4 is 13.8 Å². The number of aliphatic carboxylic acids is 1. The Balaban J connectivity index is -0.000000125. The second-order valence-corrected chi connectivity index (χ2v) is 3.57. The number of nitrogens with zero attached hydrogens (tertiary/aromatic N) is 1. The van der Waals surface area contributed by atoms with Gasteiger partial charge in [-0.1, -0.05) is 0 Å². The Morgan fingerprint density at radius 2 is 1.84 bits per heavy atom. The van der Waals surface area contributed by atoms with E-state index in [2.05, 4.69) is 9.97 Å². The topological polar surface area (TPSA) is 178 Å². The summed E-state index contributed by atoms with van der Waals surface area (Å²) < 4.78 is 8.55. The molecule has 1 aromatic rings. The van der Waals surface area contributed by atoms with Gasteiger partial charge < -0.3 is 35.1 Å². The second kappa shape index (κ2) is 14.7. The van der Waals surface area contributed by atoms with Crippen LogP contribution in [0.1, 0.15) is 5.69 Å². The number of rotatable bonds is 3. The maximum absolute atomic E-state index is 10.3. The fourth-order valence-corrected chi connectivity index (χ4v) is 0.721. The van der Waals surface area contributed by atoms with Crippen LogP contribution in [-0.4, -0.2) is 27.1 Å². The number of nitrogens with one attached hydrogen (secondary N) is 1. The number of carboxylic acids is 1. The van der Waals surface area contributed by atoms with Crippen LogP contribution >= 0.6 is 7.82 Å². The van der Waals surface area contributed by atoms with Crippen molar-refractivity contribution in [3.8, 4) is 0 Å². The number of carbonyl (C=O) groups is 1. The minimum Gasteiger partial charge on any atom is -0.822 e. The first kappa shape index (κ1) is 28.8. The molecule has 1 heterocycles. The predicted molar refractivity (Wildman–Crippen MR) is 45.5 cm³/mol. The molecule has 9 nitrogen and oxygen atoms in total. The smallest absolute Gasteiger partial charge is 0.822 e. The van der Waals surface area contributed by atoms with E-state index in [9.17, 15) is 4.79 Å². The SMILES string of the molecule is N[C@@H](Cc1cnc[nH]1)C(=O)O.O=P([O-])([O-])[O-].[Na+].[Na+].[Na+]. The third kappa shape index (κ3) is 22.2. The number of hydrogen-bond donors (Lipinski definition) is 3. The van der Waals surface area contributed by atoms with E-state index in [-0.39, 0.29) is 95.1 Å². The normalized spacial score (nSPS) is 10.5. The van der Waals surface area contributed by atoms with Crippen LogP contribution in [0.3, 0.4) is 0 Å². The molecule has 0 aliphatic carbocycles. The first-order chi connectivity index (χ1) is 7.20. The molecule has 0 radical (unpaired) electrons. The predicted octanol–water partition coefficient (Wildman–Crippen LogP) is -12.4. The van der Waals surface area contributed by atoms with Crippen molar-refractivity contribution in [3.63, 3.8) is 0 Å². The van der Waals surface area contributed by atoms with E-state index < -0.39 is 19.8 Å². The van der Waals surface area contributed by atoms with Crippen LogP contribution in [0.2, 0.25) is 0 Å². The summed E-state index contributed by atoms with van der Waals surface area (Å²) in [6.45, 7) is 0. The van der Waals surface area contributed by atoms with Gasteiger partial charge in [0.05, 0.1) is 6.33 Å². The van der Waals surface area contributed by atoms with E-state index in [4.69, 9.17) is 30.1 Å². The van der Waals surface area contributed by atoms with Gasteiger partial charge in [-0.3, -0.25) is 4.79 Å². The number of aromatic nitrogens is 2. The Labute approximate surface area is 175 Å². The number of aromatic amines is 1. The summed E-state index contributed by atoms with van der Waals surface area (Å²) in [6.07, 6.45) is 3.34. The van der Waals surface area contributed by atoms with Gasteiger partial charge in [0, 0.05) is 18.3 Å². The molecule has 0 unspecified atom stereocenters. The quantitative estimate of drug-likeness (QED) is 0.363. The van der Waals surface area contributed by atoms with Crippen molar-refractivity contribution in [2.75, 3.05) is 0 Å². The van der Waals surface area contributed by atoms with Crippen molar-refractivity contribution < 1.29 is 118 Å². The van der Waals surface area contributed by atoms with Crippen LogP contribution in [0.15, 0.2) is 12.5 Å². The van der Waals surface area contributed by atoms with Crippen molar-refractivity contribution in [1.29, 1.82) is 0 Å². The molecule has 92 valence electrons. The molecule has 13 heteroatoms. The number of phosphoric acid groups is 1. The molecule has 19 heavy (non-hydrogen) atoms. The molecule has 0 saturated heterocycles. The molecule has 0 aliphatic rings. The Morgan fingerprint density at radius 1 is 1.42 bits per heavy atom. The fourth-order valence-electron chi connectivity index (χ4n) is 0.721. The molecule has 0 amide bonds. The minimum absolute atomic E-state index is 0. The summed E-state index contributed by atoms with van der Waals surface area (Å²) in [5, 5.41) is 8.42. The van der Waals surface area contributed by atoms with Crippen molar-refractivity contribution in [2.45, 2.75) is 12.5 Å². The van der Waals surface area contributed by atoms with Crippen LogP contribution in [0, 0.1) is 0 Å². The van der Waals surface area contributed by atoms with Gasteiger partial charge in [-0.05, 0) is 0 Å². The van der Waals surface area contributed by atoms with E-state index in [1.165, 1.54) is 6.33 Å². The number of carboxylic acid groups (broad SMARTS) is 1. The Bertz CT molecular complexity index is 364. The van der Waals surface area contributed by atoms with Gasteiger partial charge in [0.1, 0.15) is 6.04 Å². The Hall–Kier alpha value is 1.75. The zero-order chi connectivity index (χ0) is 12.8. The molecule has 0 fully saturated rings. The van der Waals surface area contributed by atoms with E-state index in [1.807, 2.05) is 0 Å². The van der Waals surface area contributed by atoms with Gasteiger partial charge in [-0.15, -0.1) is 0 Å². The molecule has 1 rings (SSSR count). The summed E-state index contributed by atoms with van der Waals surface area (Å²) >= 11 is 0. The van der Waals surface area contributed by atoms with Gasteiger partial charge in [0.25, 0.3) is 0 Å². The van der Waals surface area contributed by atoms with Crippen LogP contribution in [0.25, 0.3) is 0 Å². The fraction of sp³-hybridized carbons (Fsp3) is 0.333. The van der Waals surface area contributed by atoms with E-state index in [1.54, 1.807) is 6.20 Å². The zero-order valence-corrected chi connectivity index (χ0v) is 17.8. The molecule has 0 spiro atoms. The van der Waals surface area contributed by atoms with Gasteiger partial charge in [-0.2, -0.15) is 7.82 Å². The maximum atomic E-state index is 10.3. The standard InChI is InChI=1S/C6H9N3O2.3Na.H3O4P/c7-5(6(10)11)1-4-2-8-3-9-4;;;;1-5(2,3)4/h2-3,5H,1,7H2,(H,8,9)(H,10,11);;;;(H3,1,2,3,4)/q;3*+1;/p-3/t5-;;;;/m0..../s1. The van der Waals surface area contributed by atoms with Crippen molar-refractivity contribution in [2.24, 2.45) is 5.73 Å². The zero-order valence-electron chi connectivity index (χ0n) is 10.9. The summed E-state index contributed by atoms with van der Waals surface area (Å²) in [7, 11) is -5.39. The van der Waals surface area contributed by atoms with Crippen molar-refractivity contribution in [1.82, 2.24) is 9.97 Å². The third-order valence-corrected chi connectivity index (χ3v) is 1.31. The van der Waals surface area contributed by atoms with Crippen molar-refractivity contribution in [3.05, 3.63) is 18.2 Å². The first-order valence-corrected chi connectivity index (χ1v) is 5.35. The summed E-state index contributed by atoms with van der Waals surface area (Å²) in [6, 6.07) is -0.851. The molecule has 0 bridgehead atoms. The first-order valence-electron chi connectivity index (χ1n) is 3.89. The number of nitrogens with two attached hydrogens (primary N) is 1. The molecular weight excluding hydrogens is 310 g/mol. The average Bonchev–Trinajstić information content (AvgIpc) is 2.53. The van der Waals surface area contributed by atoms with Gasteiger partial charge in [0.15, 0.2) is 0 Å². The van der Waals surface area contributed by atoms with Crippen LogP contribution in [-0.2, 0) is 15.8 Å². The molecule has 1 aromatic heterocycles. The number of H-pyrrole nitrogens is 1. The Kier molecular flexibility index (Phi) is 22.3. The molecule has 1 atom stereocenters. The van der Waals surface area contributed by atoms with Crippen LogP contribution in [0.4, 0.5) is 0 Å². The molecule has 0 aliphatic heterocycles. The summed E-state index contributed by atoms with van der Waals surface area (Å²) in [5.41, 5.74) is 6.00. The minimum atomic E-state index is -5.39. The van der Waals surface area contributed by atoms with Gasteiger partial charge >= 0.3 is 94.6 Å². The van der Waals surface area contributed by atoms with Crippen LogP contribution < -0.4 is 109 Å². The third-order valence-electron chi connectivity index (χ3n) is 1.31. The second-order valence-electron chi connectivity index (χ2n) is 2.67. The summed E-state index contributed by atoms with van der Waals surface area (Å²) in [4.78, 5) is 42.4. The van der Waals surface area contributed by atoms with Gasteiger partial charge in [0.2, 0.25) is 0 Å². The largest absolute Gasteiger partial charge is 1.00 e. The van der Waals surface area contributed by atoms with E-state index in [0.717, 1.165) is 5.69 Å². The monoisotopic (exact) mass is 319 g/mol. The van der Waals surface area contributed by atoms with Gasteiger partial charge in [-0.25, -0.2) is 4.98 Å². The molecule has 4 N–H and O–H groups in total. The molecule has 0 saturated carbocycles. The van der Waals surface area contributed by atoms with E-state index >= 15 is 0 Å². The van der Waals surface area contributed by atoms with E-state index in [0.29, 0.717) is 0 Å². The average molecular weight is 319 g/mol. The Morgan fingerprint density at radius 3 is 2.11 bits per heavy atom. The molecule has 0 aromatic carbocycles. The maximum Gasteiger partial charge on any atom is 1.00 e. The number of hydrogen-bond acceptors (Lipinski definition) is 7. The summed E-state index contributed by atoms with van der Waals surface area (Å²) in [5.74, 6) is -1.00. The molecular formula is C6H9N3Na3O6P.